The molecule has 0 N–H and O–H groups in total. The molecule has 0 saturated carbocycles. The fourth-order valence-electron chi connectivity index (χ4n) is 4.34. The maximum Gasteiger partial charge on any atom is 0.310 e. The van der Waals surface area contributed by atoms with Crippen molar-refractivity contribution in [1.82, 2.24) is 0 Å². The number of hydrogen-bond acceptors (Lipinski definition) is 2. The molecule has 3 nitrogen and oxygen atoms in total. The van der Waals surface area contributed by atoms with Gasteiger partial charge in [-0.2, -0.15) is 0 Å². The van der Waals surface area contributed by atoms with Crippen LogP contribution in [0.15, 0.2) is 12.8 Å². The summed E-state index contributed by atoms with van der Waals surface area (Å²) in [7, 11) is 4.83. The molecule has 0 saturated heterocycles. The van der Waals surface area contributed by atoms with E-state index >= 15 is 0 Å². The summed E-state index contributed by atoms with van der Waals surface area (Å²) in [6, 6.07) is 0. The molecule has 0 unspecified atom stereocenters. The van der Waals surface area contributed by atoms with E-state index in [-0.39, 0.29) is 5.97 Å². The average molecular weight is 439 g/mol. The smallest absolute Gasteiger partial charge is 0.310 e. The van der Waals surface area contributed by atoms with Crippen LogP contribution in [0.4, 0.5) is 0 Å². The topological polar surface area (TPSA) is 26.3 Å². The van der Waals surface area contributed by atoms with Crippen molar-refractivity contribution in [2.24, 2.45) is 0 Å². The highest BCUT2D eigenvalue weighted by Crippen LogP contribution is 2.14. The highest BCUT2D eigenvalue weighted by Gasteiger charge is 2.13. The highest BCUT2D eigenvalue weighted by atomic mass is 16.5. The molecule has 0 aliphatic heterocycles. The van der Waals surface area contributed by atoms with Crippen LogP contribution in [0.3, 0.4) is 0 Å². The van der Waals surface area contributed by atoms with Crippen LogP contribution in [0, 0.1) is 0 Å². The van der Waals surface area contributed by atoms with Gasteiger partial charge in [0.05, 0.1) is 33.4 Å². The Bertz CT molecular complexity index is 406. The Hall–Kier alpha value is -0.830. The first-order valence-corrected chi connectivity index (χ1v) is 13.6. The normalized spacial score (nSPS) is 11.6. The molecule has 0 aliphatic rings. The second-order valence-corrected chi connectivity index (χ2v) is 10.2. The van der Waals surface area contributed by atoms with E-state index in [1.54, 1.807) is 0 Å². The second kappa shape index (κ2) is 22.4. The number of rotatable bonds is 24. The van der Waals surface area contributed by atoms with Gasteiger partial charge in [-0.1, -0.05) is 103 Å². The van der Waals surface area contributed by atoms with E-state index in [1.807, 2.05) is 0 Å². The third-order valence-electron chi connectivity index (χ3n) is 6.48. The van der Waals surface area contributed by atoms with Crippen LogP contribution >= 0.6 is 0 Å². The van der Waals surface area contributed by atoms with Crippen molar-refractivity contribution < 1.29 is 14.0 Å². The van der Waals surface area contributed by atoms with Gasteiger partial charge in [0.25, 0.3) is 0 Å². The van der Waals surface area contributed by atoms with Crippen LogP contribution in [-0.2, 0) is 9.53 Å². The van der Waals surface area contributed by atoms with Gasteiger partial charge >= 0.3 is 5.97 Å². The molecule has 184 valence electrons. The molecular formula is C28H56NO2+. The van der Waals surface area contributed by atoms with Gasteiger partial charge in [-0.05, 0) is 32.1 Å². The Balaban J connectivity index is 3.35. The average Bonchev–Trinajstić information content (AvgIpc) is 2.73. The number of carbonyl (C=O) groups is 1. The van der Waals surface area contributed by atoms with E-state index in [9.17, 15) is 4.79 Å². The summed E-state index contributed by atoms with van der Waals surface area (Å²) in [5.74, 6) is -0.149. The van der Waals surface area contributed by atoms with E-state index in [4.69, 9.17) is 4.74 Å². The maximum atomic E-state index is 11.2. The van der Waals surface area contributed by atoms with Gasteiger partial charge in [-0.15, -0.1) is 0 Å². The molecule has 0 rings (SSSR count). The Morgan fingerprint density at radius 2 is 1.00 bits per heavy atom. The monoisotopic (exact) mass is 438 g/mol. The summed E-state index contributed by atoms with van der Waals surface area (Å²) >= 11 is 0. The molecule has 0 bridgehead atoms. The maximum absolute atomic E-state index is 11.2. The molecule has 0 aliphatic carbocycles. The predicted octanol–water partition coefficient (Wildman–Crippen LogP) is 8.57. The largest absolute Gasteiger partial charge is 0.435 e. The van der Waals surface area contributed by atoms with E-state index in [1.165, 1.54) is 133 Å². The Kier molecular flexibility index (Phi) is 21.8. The van der Waals surface area contributed by atoms with Gasteiger partial charge < -0.3 is 9.22 Å². The second-order valence-electron chi connectivity index (χ2n) is 10.2. The summed E-state index contributed by atoms with van der Waals surface area (Å²) in [5.41, 5.74) is 0. The van der Waals surface area contributed by atoms with Gasteiger partial charge in [0.1, 0.15) is 0 Å². The van der Waals surface area contributed by atoms with Crippen LogP contribution in [0.25, 0.3) is 0 Å². The molecule has 0 amide bonds. The van der Waals surface area contributed by atoms with E-state index < -0.39 is 0 Å². The molecular weight excluding hydrogens is 382 g/mol. The SMILES string of the molecule is C=COC(=O)CCCCCCCCCCC[N+](C)(C)CCCCCCCCCCCC. The summed E-state index contributed by atoms with van der Waals surface area (Å²) in [4.78, 5) is 11.2. The molecule has 31 heavy (non-hydrogen) atoms. The van der Waals surface area contributed by atoms with E-state index in [2.05, 4.69) is 27.6 Å². The summed E-state index contributed by atoms with van der Waals surface area (Å²) in [6.07, 6.45) is 27.5. The molecule has 0 atom stereocenters. The number of nitrogens with zero attached hydrogens (tertiary/aromatic N) is 1. The van der Waals surface area contributed by atoms with Crippen molar-refractivity contribution in [3.05, 3.63) is 12.8 Å². The lowest BCUT2D eigenvalue weighted by Crippen LogP contribution is -2.41. The standard InChI is InChI=1S/C28H56NO2/c1-5-7-8-9-10-11-14-17-20-23-26-29(3,4)27-24-21-18-15-12-13-16-19-22-25-28(30)31-6-2/h6H,2,5,7-27H2,1,3-4H3/q+1. The fourth-order valence-corrected chi connectivity index (χ4v) is 4.34. The zero-order valence-corrected chi connectivity index (χ0v) is 21.6. The van der Waals surface area contributed by atoms with Crippen LogP contribution in [0.1, 0.15) is 135 Å². The summed E-state index contributed by atoms with van der Waals surface area (Å²) in [6.45, 7) is 8.37. The fraction of sp³-hybridized carbons (Fsp3) is 0.893. The third-order valence-corrected chi connectivity index (χ3v) is 6.48. The molecule has 0 aromatic rings. The van der Waals surface area contributed by atoms with Crippen LogP contribution in [0.2, 0.25) is 0 Å². The molecule has 0 aromatic heterocycles. The first kappa shape index (κ1) is 30.2. The predicted molar refractivity (Wildman–Crippen MR) is 136 cm³/mol. The van der Waals surface area contributed by atoms with Crippen molar-refractivity contribution in [2.75, 3.05) is 27.2 Å². The van der Waals surface area contributed by atoms with Crippen molar-refractivity contribution in [2.45, 2.75) is 135 Å². The minimum Gasteiger partial charge on any atom is -0.435 e. The number of esters is 1. The van der Waals surface area contributed by atoms with E-state index in [0.717, 1.165) is 12.8 Å². The van der Waals surface area contributed by atoms with Crippen molar-refractivity contribution in [3.8, 4) is 0 Å². The number of carbonyl (C=O) groups excluding carboxylic acids is 1. The Morgan fingerprint density at radius 3 is 1.39 bits per heavy atom. The van der Waals surface area contributed by atoms with Crippen molar-refractivity contribution in [3.63, 3.8) is 0 Å². The lowest BCUT2D eigenvalue weighted by molar-refractivity contribution is -0.890. The highest BCUT2D eigenvalue weighted by molar-refractivity contribution is 5.69. The number of ether oxygens (including phenoxy) is 1. The lowest BCUT2D eigenvalue weighted by Gasteiger charge is -2.30. The molecule has 0 spiro atoms. The minimum absolute atomic E-state index is 0.149. The summed E-state index contributed by atoms with van der Waals surface area (Å²) in [5, 5.41) is 0. The van der Waals surface area contributed by atoms with Gasteiger partial charge in [0, 0.05) is 6.42 Å². The number of hydrogen-bond donors (Lipinski definition) is 0. The van der Waals surface area contributed by atoms with Gasteiger partial charge in [0.2, 0.25) is 0 Å². The van der Waals surface area contributed by atoms with Crippen LogP contribution in [0.5, 0.6) is 0 Å². The molecule has 0 aromatic carbocycles. The quantitative estimate of drug-likeness (QED) is 0.0652. The Labute approximate surface area is 195 Å². The Morgan fingerprint density at radius 1 is 0.645 bits per heavy atom. The zero-order chi connectivity index (χ0) is 23.0. The molecule has 0 heterocycles. The minimum atomic E-state index is -0.149. The first-order valence-electron chi connectivity index (χ1n) is 13.6. The molecule has 0 radical (unpaired) electrons. The zero-order valence-electron chi connectivity index (χ0n) is 21.6. The van der Waals surface area contributed by atoms with Crippen LogP contribution < -0.4 is 0 Å². The third kappa shape index (κ3) is 23.7. The molecule has 3 heteroatoms. The van der Waals surface area contributed by atoms with Gasteiger partial charge in [0.15, 0.2) is 0 Å². The van der Waals surface area contributed by atoms with Gasteiger partial charge in [-0.25, -0.2) is 0 Å². The number of quaternary nitrogens is 1. The van der Waals surface area contributed by atoms with E-state index in [0.29, 0.717) is 6.42 Å². The van der Waals surface area contributed by atoms with Crippen LogP contribution in [-0.4, -0.2) is 37.6 Å². The van der Waals surface area contributed by atoms with Crippen molar-refractivity contribution in [1.29, 1.82) is 0 Å². The summed E-state index contributed by atoms with van der Waals surface area (Å²) < 4.78 is 5.93. The van der Waals surface area contributed by atoms with Gasteiger partial charge in [-0.3, -0.25) is 4.79 Å². The van der Waals surface area contributed by atoms with Crippen molar-refractivity contribution >= 4 is 5.97 Å². The first-order chi connectivity index (χ1) is 15.0. The number of unbranched alkanes of at least 4 members (excludes halogenated alkanes) is 17. The molecule has 0 fully saturated rings. The lowest BCUT2D eigenvalue weighted by atomic mass is 10.1.